The maximum absolute atomic E-state index is 12.9. The zero-order valence-electron chi connectivity index (χ0n) is 15.7. The number of rotatable bonds is 3. The zero-order valence-corrected chi connectivity index (χ0v) is 15.7. The van der Waals surface area contributed by atoms with Crippen LogP contribution in [0.15, 0.2) is 0 Å². The monoisotopic (exact) mass is 321 g/mol. The summed E-state index contributed by atoms with van der Waals surface area (Å²) in [5.74, 6) is 2.69. The van der Waals surface area contributed by atoms with Crippen molar-refractivity contribution in [2.24, 2.45) is 23.7 Å². The largest absolute Gasteiger partial charge is 0.302 e. The van der Waals surface area contributed by atoms with E-state index in [-0.39, 0.29) is 11.6 Å². The molecular formula is C19H35N3O. The summed E-state index contributed by atoms with van der Waals surface area (Å²) < 4.78 is 0. The van der Waals surface area contributed by atoms with Crippen LogP contribution in [0.3, 0.4) is 0 Å². The van der Waals surface area contributed by atoms with Gasteiger partial charge < -0.3 is 5.32 Å². The van der Waals surface area contributed by atoms with Gasteiger partial charge in [-0.1, -0.05) is 20.8 Å². The number of fused-ring (bicyclic) bond motifs is 3. The lowest BCUT2D eigenvalue weighted by Crippen LogP contribution is -2.59. The minimum absolute atomic E-state index is 0.00253. The van der Waals surface area contributed by atoms with Crippen molar-refractivity contribution in [3.8, 4) is 0 Å². The maximum atomic E-state index is 12.9. The Kier molecular flexibility index (Phi) is 4.63. The Morgan fingerprint density at radius 3 is 2.57 bits per heavy atom. The number of nitrogens with one attached hydrogen (secondary N) is 2. The van der Waals surface area contributed by atoms with Gasteiger partial charge in [0, 0.05) is 12.0 Å². The molecule has 3 heterocycles. The molecule has 3 aliphatic heterocycles. The van der Waals surface area contributed by atoms with Gasteiger partial charge in [0.05, 0.1) is 18.4 Å². The first-order chi connectivity index (χ1) is 10.8. The molecule has 4 nitrogen and oxygen atoms in total. The molecule has 0 aromatic rings. The van der Waals surface area contributed by atoms with E-state index in [2.05, 4.69) is 50.2 Å². The molecular weight excluding hydrogens is 286 g/mol. The van der Waals surface area contributed by atoms with E-state index in [0.717, 1.165) is 6.54 Å². The number of nitrogens with zero attached hydrogens (tertiary/aromatic N) is 1. The van der Waals surface area contributed by atoms with Crippen LogP contribution in [0.25, 0.3) is 0 Å². The highest BCUT2D eigenvalue weighted by Crippen LogP contribution is 2.51. The molecule has 0 saturated carbocycles. The van der Waals surface area contributed by atoms with E-state index in [9.17, 15) is 4.79 Å². The number of ketones is 1. The molecule has 0 amide bonds. The predicted octanol–water partition coefficient (Wildman–Crippen LogP) is 2.59. The van der Waals surface area contributed by atoms with Gasteiger partial charge in [-0.05, 0) is 63.8 Å². The van der Waals surface area contributed by atoms with Gasteiger partial charge in [0.15, 0.2) is 0 Å². The van der Waals surface area contributed by atoms with Crippen LogP contribution in [-0.2, 0) is 4.79 Å². The topological polar surface area (TPSA) is 44.4 Å². The van der Waals surface area contributed by atoms with Crippen molar-refractivity contribution in [3.63, 3.8) is 0 Å². The minimum Gasteiger partial charge on any atom is -0.302 e. The molecule has 3 rings (SSSR count). The van der Waals surface area contributed by atoms with E-state index in [1.165, 1.54) is 12.8 Å². The third kappa shape index (κ3) is 2.77. The second kappa shape index (κ2) is 6.12. The van der Waals surface area contributed by atoms with Crippen molar-refractivity contribution in [1.82, 2.24) is 15.5 Å². The van der Waals surface area contributed by atoms with Gasteiger partial charge in [-0.3, -0.25) is 15.0 Å². The average molecular weight is 322 g/mol. The summed E-state index contributed by atoms with van der Waals surface area (Å²) in [6, 6.07) is 0.0744. The fourth-order valence-electron chi connectivity index (χ4n) is 5.59. The van der Waals surface area contributed by atoms with Gasteiger partial charge in [0.25, 0.3) is 0 Å². The van der Waals surface area contributed by atoms with E-state index in [4.69, 9.17) is 0 Å². The van der Waals surface area contributed by atoms with Crippen LogP contribution in [-0.4, -0.2) is 41.1 Å². The SMILES string of the molecule is CCC(=O)C1C(C(C)C)C2C3CCCNC3NC2N1C(C)(C)C. The molecule has 6 unspecified atom stereocenters. The molecule has 132 valence electrons. The molecule has 6 atom stereocenters. The van der Waals surface area contributed by atoms with Gasteiger partial charge in [-0.2, -0.15) is 0 Å². The molecule has 23 heavy (non-hydrogen) atoms. The van der Waals surface area contributed by atoms with Gasteiger partial charge in [0.1, 0.15) is 5.78 Å². The van der Waals surface area contributed by atoms with Crippen LogP contribution >= 0.6 is 0 Å². The number of hydrogen-bond acceptors (Lipinski definition) is 4. The van der Waals surface area contributed by atoms with Crippen molar-refractivity contribution in [2.75, 3.05) is 6.54 Å². The van der Waals surface area contributed by atoms with E-state index >= 15 is 0 Å². The van der Waals surface area contributed by atoms with Gasteiger partial charge in [-0.25, -0.2) is 0 Å². The van der Waals surface area contributed by atoms with Crippen molar-refractivity contribution >= 4 is 5.78 Å². The number of likely N-dealkylation sites (tertiary alicyclic amines) is 1. The number of hydrogen-bond donors (Lipinski definition) is 2. The van der Waals surface area contributed by atoms with Gasteiger partial charge in [0.2, 0.25) is 0 Å². The Morgan fingerprint density at radius 1 is 1.30 bits per heavy atom. The van der Waals surface area contributed by atoms with E-state index < -0.39 is 0 Å². The smallest absolute Gasteiger partial charge is 0.150 e. The highest BCUT2D eigenvalue weighted by molar-refractivity contribution is 5.84. The summed E-state index contributed by atoms with van der Waals surface area (Å²) in [5, 5.41) is 7.54. The Balaban J connectivity index is 2.02. The number of carbonyl (C=O) groups excluding carboxylic acids is 1. The van der Waals surface area contributed by atoms with E-state index in [1.807, 2.05) is 6.92 Å². The van der Waals surface area contributed by atoms with Crippen LogP contribution < -0.4 is 10.6 Å². The maximum Gasteiger partial charge on any atom is 0.150 e. The number of piperidine rings is 1. The highest BCUT2D eigenvalue weighted by atomic mass is 16.1. The lowest BCUT2D eigenvalue weighted by Gasteiger charge is -2.42. The van der Waals surface area contributed by atoms with E-state index in [0.29, 0.717) is 48.2 Å². The summed E-state index contributed by atoms with van der Waals surface area (Å²) in [4.78, 5) is 15.4. The minimum atomic E-state index is 0.00253. The Bertz CT molecular complexity index is 456. The summed E-state index contributed by atoms with van der Waals surface area (Å²) in [6.07, 6.45) is 3.97. The van der Waals surface area contributed by atoms with Crippen LogP contribution in [0.5, 0.6) is 0 Å². The molecule has 0 aliphatic carbocycles. The third-order valence-electron chi connectivity index (χ3n) is 6.35. The molecule has 2 N–H and O–H groups in total. The van der Waals surface area contributed by atoms with Crippen LogP contribution in [0.1, 0.15) is 60.8 Å². The highest BCUT2D eigenvalue weighted by Gasteiger charge is 2.61. The standard InChI is InChI=1S/C19H35N3O/c1-7-13(23)16-14(11(2)3)15-12-9-8-10-20-17(12)21-18(15)22(16)19(4,5)6/h11-12,14-18,20-21H,7-10H2,1-6H3. The first kappa shape index (κ1) is 17.4. The van der Waals surface area contributed by atoms with Crippen LogP contribution in [0.4, 0.5) is 0 Å². The van der Waals surface area contributed by atoms with Gasteiger partial charge >= 0.3 is 0 Å². The summed E-state index contributed by atoms with van der Waals surface area (Å²) >= 11 is 0. The second-order valence-corrected chi connectivity index (χ2v) is 9.09. The molecule has 0 radical (unpaired) electrons. The normalized spacial score (nSPS) is 41.2. The van der Waals surface area contributed by atoms with Crippen molar-refractivity contribution in [1.29, 1.82) is 0 Å². The van der Waals surface area contributed by atoms with Crippen molar-refractivity contribution in [2.45, 2.75) is 84.7 Å². The molecule has 3 saturated heterocycles. The summed E-state index contributed by atoms with van der Waals surface area (Å²) in [5.41, 5.74) is 0.00253. The average Bonchev–Trinajstić information content (AvgIpc) is 2.98. The predicted molar refractivity (Wildman–Crippen MR) is 93.9 cm³/mol. The molecule has 4 heteroatoms. The fraction of sp³-hybridized carbons (Fsp3) is 0.947. The van der Waals surface area contributed by atoms with E-state index in [1.54, 1.807) is 0 Å². The molecule has 3 fully saturated rings. The molecule has 0 aromatic carbocycles. The lowest BCUT2D eigenvalue weighted by atomic mass is 9.72. The quantitative estimate of drug-likeness (QED) is 0.839. The van der Waals surface area contributed by atoms with Crippen LogP contribution in [0.2, 0.25) is 0 Å². The Hall–Kier alpha value is -0.450. The van der Waals surface area contributed by atoms with Crippen molar-refractivity contribution in [3.05, 3.63) is 0 Å². The molecule has 3 aliphatic rings. The second-order valence-electron chi connectivity index (χ2n) is 9.09. The number of Topliss-reactive ketones (excluding diaryl/α,β-unsaturated/α-hetero) is 1. The molecule has 0 bridgehead atoms. The first-order valence-electron chi connectivity index (χ1n) is 9.58. The Morgan fingerprint density at radius 2 is 2.00 bits per heavy atom. The van der Waals surface area contributed by atoms with Crippen LogP contribution in [0, 0.1) is 23.7 Å². The first-order valence-corrected chi connectivity index (χ1v) is 9.58. The van der Waals surface area contributed by atoms with Gasteiger partial charge in [-0.15, -0.1) is 0 Å². The lowest BCUT2D eigenvalue weighted by molar-refractivity contribution is -0.128. The summed E-state index contributed by atoms with van der Waals surface area (Å²) in [7, 11) is 0. The molecule has 0 spiro atoms. The Labute approximate surface area is 141 Å². The number of carbonyl (C=O) groups is 1. The molecule has 0 aromatic heterocycles. The fourth-order valence-corrected chi connectivity index (χ4v) is 5.59. The third-order valence-corrected chi connectivity index (χ3v) is 6.35. The summed E-state index contributed by atoms with van der Waals surface area (Å²) in [6.45, 7) is 14.6. The van der Waals surface area contributed by atoms with Crippen molar-refractivity contribution < 1.29 is 4.79 Å². The zero-order chi connectivity index (χ0) is 16.9.